The van der Waals surface area contributed by atoms with Crippen molar-refractivity contribution in [3.63, 3.8) is 0 Å². The van der Waals surface area contributed by atoms with Crippen LogP contribution in [-0.2, 0) is 0 Å². The Morgan fingerprint density at radius 2 is 2.06 bits per heavy atom. The SMILES string of the molecule is CCNc1nc(N2CCCCC2)nc(=O)[nH]1. The van der Waals surface area contributed by atoms with E-state index in [1.165, 1.54) is 6.42 Å². The first kappa shape index (κ1) is 10.9. The third kappa shape index (κ3) is 2.50. The van der Waals surface area contributed by atoms with Crippen LogP contribution in [-0.4, -0.2) is 34.6 Å². The van der Waals surface area contributed by atoms with Crippen LogP contribution in [0.1, 0.15) is 26.2 Å². The minimum Gasteiger partial charge on any atom is -0.356 e. The average molecular weight is 223 g/mol. The lowest BCUT2D eigenvalue weighted by atomic mass is 10.1. The number of aromatic nitrogens is 3. The summed E-state index contributed by atoms with van der Waals surface area (Å²) in [7, 11) is 0. The number of aromatic amines is 1. The van der Waals surface area contributed by atoms with Gasteiger partial charge in [0.2, 0.25) is 11.9 Å². The Labute approximate surface area is 94.1 Å². The van der Waals surface area contributed by atoms with E-state index in [0.717, 1.165) is 32.5 Å². The monoisotopic (exact) mass is 223 g/mol. The van der Waals surface area contributed by atoms with Gasteiger partial charge in [0.1, 0.15) is 0 Å². The first-order valence-corrected chi connectivity index (χ1v) is 5.77. The van der Waals surface area contributed by atoms with E-state index in [4.69, 9.17) is 0 Å². The molecule has 6 nitrogen and oxygen atoms in total. The molecule has 6 heteroatoms. The zero-order valence-corrected chi connectivity index (χ0v) is 9.49. The van der Waals surface area contributed by atoms with E-state index < -0.39 is 0 Å². The molecule has 0 atom stereocenters. The molecule has 16 heavy (non-hydrogen) atoms. The molecule has 0 aromatic carbocycles. The fourth-order valence-electron chi connectivity index (χ4n) is 1.86. The second-order valence-electron chi connectivity index (χ2n) is 3.88. The molecule has 1 aromatic heterocycles. The van der Waals surface area contributed by atoms with Gasteiger partial charge in [0.25, 0.3) is 0 Å². The zero-order chi connectivity index (χ0) is 11.4. The quantitative estimate of drug-likeness (QED) is 0.784. The minimum atomic E-state index is -0.341. The van der Waals surface area contributed by atoms with Crippen LogP contribution in [0.3, 0.4) is 0 Å². The summed E-state index contributed by atoms with van der Waals surface area (Å²) < 4.78 is 0. The summed E-state index contributed by atoms with van der Waals surface area (Å²) in [6.07, 6.45) is 3.54. The topological polar surface area (TPSA) is 73.9 Å². The number of rotatable bonds is 3. The molecule has 1 aliphatic rings. The van der Waals surface area contributed by atoms with Crippen LogP contribution in [0.15, 0.2) is 4.79 Å². The molecule has 1 aromatic rings. The van der Waals surface area contributed by atoms with Gasteiger partial charge in [-0.1, -0.05) is 0 Å². The second kappa shape index (κ2) is 4.96. The first-order chi connectivity index (χ1) is 7.79. The number of piperidine rings is 1. The molecule has 0 spiro atoms. The van der Waals surface area contributed by atoms with Crippen molar-refractivity contribution in [2.24, 2.45) is 0 Å². The van der Waals surface area contributed by atoms with Gasteiger partial charge in [0.15, 0.2) is 0 Å². The lowest BCUT2D eigenvalue weighted by Gasteiger charge is -2.26. The van der Waals surface area contributed by atoms with Gasteiger partial charge in [-0.05, 0) is 26.2 Å². The van der Waals surface area contributed by atoms with Crippen LogP contribution < -0.4 is 15.9 Å². The number of nitrogens with one attached hydrogen (secondary N) is 2. The highest BCUT2D eigenvalue weighted by Gasteiger charge is 2.14. The molecule has 2 heterocycles. The maximum absolute atomic E-state index is 11.4. The zero-order valence-electron chi connectivity index (χ0n) is 9.49. The Bertz CT molecular complexity index is 396. The number of anilines is 2. The van der Waals surface area contributed by atoms with Crippen molar-refractivity contribution in [3.8, 4) is 0 Å². The summed E-state index contributed by atoms with van der Waals surface area (Å²) in [5.41, 5.74) is -0.341. The van der Waals surface area contributed by atoms with Gasteiger partial charge in [0.05, 0.1) is 0 Å². The molecule has 0 bridgehead atoms. The Kier molecular flexibility index (Phi) is 3.38. The summed E-state index contributed by atoms with van der Waals surface area (Å²) in [4.78, 5) is 24.2. The molecule has 1 fully saturated rings. The number of hydrogen-bond donors (Lipinski definition) is 2. The highest BCUT2D eigenvalue weighted by atomic mass is 16.1. The molecular formula is C10H17N5O. The van der Waals surface area contributed by atoms with Crippen LogP contribution in [0, 0.1) is 0 Å². The van der Waals surface area contributed by atoms with Gasteiger partial charge >= 0.3 is 5.69 Å². The van der Waals surface area contributed by atoms with Crippen molar-refractivity contribution in [1.82, 2.24) is 15.0 Å². The van der Waals surface area contributed by atoms with E-state index in [1.807, 2.05) is 6.92 Å². The van der Waals surface area contributed by atoms with Crippen LogP contribution in [0.5, 0.6) is 0 Å². The number of hydrogen-bond acceptors (Lipinski definition) is 5. The van der Waals surface area contributed by atoms with E-state index in [-0.39, 0.29) is 5.69 Å². The summed E-state index contributed by atoms with van der Waals surface area (Å²) in [6.45, 7) is 4.57. The molecule has 0 aliphatic carbocycles. The van der Waals surface area contributed by atoms with E-state index >= 15 is 0 Å². The predicted molar refractivity (Wildman–Crippen MR) is 62.9 cm³/mol. The molecule has 2 rings (SSSR count). The van der Waals surface area contributed by atoms with E-state index in [9.17, 15) is 4.79 Å². The van der Waals surface area contributed by atoms with Gasteiger partial charge in [0, 0.05) is 19.6 Å². The van der Waals surface area contributed by atoms with Crippen molar-refractivity contribution >= 4 is 11.9 Å². The maximum atomic E-state index is 11.4. The first-order valence-electron chi connectivity index (χ1n) is 5.77. The largest absolute Gasteiger partial charge is 0.356 e. The van der Waals surface area contributed by atoms with Crippen molar-refractivity contribution in [2.45, 2.75) is 26.2 Å². The smallest absolute Gasteiger partial charge is 0.350 e. The standard InChI is InChI=1S/C10H17N5O/c1-2-11-8-12-9(14-10(16)13-8)15-6-4-3-5-7-15/h2-7H2,1H3,(H2,11,12,13,14,16). The van der Waals surface area contributed by atoms with E-state index in [1.54, 1.807) is 0 Å². The van der Waals surface area contributed by atoms with E-state index in [0.29, 0.717) is 11.9 Å². The highest BCUT2D eigenvalue weighted by Crippen LogP contribution is 2.14. The van der Waals surface area contributed by atoms with Crippen molar-refractivity contribution in [1.29, 1.82) is 0 Å². The lowest BCUT2D eigenvalue weighted by molar-refractivity contribution is 0.566. The molecule has 0 amide bonds. The lowest BCUT2D eigenvalue weighted by Crippen LogP contribution is -2.33. The molecular weight excluding hydrogens is 206 g/mol. The Balaban J connectivity index is 2.21. The molecule has 0 unspecified atom stereocenters. The Morgan fingerprint density at radius 3 is 2.75 bits per heavy atom. The summed E-state index contributed by atoms with van der Waals surface area (Å²) in [6, 6.07) is 0. The number of H-pyrrole nitrogens is 1. The van der Waals surface area contributed by atoms with Crippen LogP contribution in [0.25, 0.3) is 0 Å². The van der Waals surface area contributed by atoms with Crippen molar-refractivity contribution in [3.05, 3.63) is 10.5 Å². The fraction of sp³-hybridized carbons (Fsp3) is 0.700. The molecule has 1 saturated heterocycles. The van der Waals surface area contributed by atoms with Crippen LogP contribution >= 0.6 is 0 Å². The molecule has 2 N–H and O–H groups in total. The third-order valence-electron chi connectivity index (χ3n) is 2.62. The Morgan fingerprint density at radius 1 is 1.31 bits per heavy atom. The second-order valence-corrected chi connectivity index (χ2v) is 3.88. The molecule has 88 valence electrons. The van der Waals surface area contributed by atoms with E-state index in [2.05, 4.69) is 25.2 Å². The summed E-state index contributed by atoms with van der Waals surface area (Å²) in [5.74, 6) is 1.04. The average Bonchev–Trinajstić information content (AvgIpc) is 2.30. The van der Waals surface area contributed by atoms with Gasteiger partial charge in [-0.3, -0.25) is 4.98 Å². The molecule has 1 aliphatic heterocycles. The van der Waals surface area contributed by atoms with Gasteiger partial charge in [-0.15, -0.1) is 0 Å². The van der Waals surface area contributed by atoms with Crippen molar-refractivity contribution in [2.75, 3.05) is 29.9 Å². The number of nitrogens with zero attached hydrogens (tertiary/aromatic N) is 3. The van der Waals surface area contributed by atoms with Gasteiger partial charge in [-0.2, -0.15) is 9.97 Å². The van der Waals surface area contributed by atoms with Crippen LogP contribution in [0.4, 0.5) is 11.9 Å². The normalized spacial score (nSPS) is 16.2. The molecule has 0 saturated carbocycles. The predicted octanol–water partition coefficient (Wildman–Crippen LogP) is 0.587. The summed E-state index contributed by atoms with van der Waals surface area (Å²) >= 11 is 0. The van der Waals surface area contributed by atoms with Gasteiger partial charge in [-0.25, -0.2) is 4.79 Å². The fourth-order valence-corrected chi connectivity index (χ4v) is 1.86. The minimum absolute atomic E-state index is 0.341. The van der Waals surface area contributed by atoms with Crippen LogP contribution in [0.2, 0.25) is 0 Å². The van der Waals surface area contributed by atoms with Crippen molar-refractivity contribution < 1.29 is 0 Å². The van der Waals surface area contributed by atoms with Gasteiger partial charge < -0.3 is 10.2 Å². The summed E-state index contributed by atoms with van der Waals surface area (Å²) in [5, 5.41) is 2.99. The Hall–Kier alpha value is -1.59. The highest BCUT2D eigenvalue weighted by molar-refractivity contribution is 5.35. The maximum Gasteiger partial charge on any atom is 0.350 e. The third-order valence-corrected chi connectivity index (χ3v) is 2.62. The molecule has 0 radical (unpaired) electrons.